The van der Waals surface area contributed by atoms with Gasteiger partial charge in [-0.25, -0.2) is 4.39 Å². The highest BCUT2D eigenvalue weighted by Gasteiger charge is 2.16. The maximum Gasteiger partial charge on any atom is 0.123 e. The molecule has 1 heterocycles. The largest absolute Gasteiger partial charge is 0.319 e. The van der Waals surface area contributed by atoms with Gasteiger partial charge in [-0.15, -0.1) is 0 Å². The second-order valence-corrected chi connectivity index (χ2v) is 4.77. The van der Waals surface area contributed by atoms with Crippen molar-refractivity contribution in [3.63, 3.8) is 0 Å². The molecule has 2 nitrogen and oxygen atoms in total. The summed E-state index contributed by atoms with van der Waals surface area (Å²) in [5.41, 5.74) is 9.43. The van der Waals surface area contributed by atoms with E-state index in [2.05, 4.69) is 4.98 Å². The van der Waals surface area contributed by atoms with Crippen molar-refractivity contribution in [2.75, 3.05) is 0 Å². The molecule has 2 rings (SSSR count). The van der Waals surface area contributed by atoms with Crippen LogP contribution in [0.3, 0.4) is 0 Å². The van der Waals surface area contributed by atoms with Crippen LogP contribution in [0.5, 0.6) is 0 Å². The SMILES string of the molecule is Cc1cnc(C(N)c2cc(F)ccc2Cl)c(C)c1. The molecule has 0 saturated heterocycles. The third kappa shape index (κ3) is 2.52. The predicted octanol–water partition coefficient (Wildman–Crippen LogP) is 3.54. The average Bonchev–Trinajstić information content (AvgIpc) is 2.31. The van der Waals surface area contributed by atoms with Crippen LogP contribution in [0.2, 0.25) is 5.02 Å². The Morgan fingerprint density at radius 2 is 2.00 bits per heavy atom. The number of aromatic nitrogens is 1. The van der Waals surface area contributed by atoms with Gasteiger partial charge in [0.25, 0.3) is 0 Å². The smallest absolute Gasteiger partial charge is 0.123 e. The van der Waals surface area contributed by atoms with Gasteiger partial charge in [-0.1, -0.05) is 17.7 Å². The topological polar surface area (TPSA) is 38.9 Å². The number of hydrogen-bond acceptors (Lipinski definition) is 2. The fourth-order valence-corrected chi connectivity index (χ4v) is 2.19. The Labute approximate surface area is 111 Å². The van der Waals surface area contributed by atoms with Crippen LogP contribution in [0, 0.1) is 19.7 Å². The van der Waals surface area contributed by atoms with Crippen LogP contribution < -0.4 is 5.73 Å². The van der Waals surface area contributed by atoms with E-state index in [0.29, 0.717) is 16.3 Å². The molecule has 94 valence electrons. The van der Waals surface area contributed by atoms with Crippen LogP contribution in [0.15, 0.2) is 30.5 Å². The van der Waals surface area contributed by atoms with Crippen molar-refractivity contribution in [2.24, 2.45) is 5.73 Å². The molecule has 4 heteroatoms. The van der Waals surface area contributed by atoms with Crippen LogP contribution in [0.1, 0.15) is 28.4 Å². The quantitative estimate of drug-likeness (QED) is 0.901. The summed E-state index contributed by atoms with van der Waals surface area (Å²) in [5, 5.41) is 0.450. The van der Waals surface area contributed by atoms with E-state index in [9.17, 15) is 4.39 Å². The fourth-order valence-electron chi connectivity index (χ4n) is 1.95. The summed E-state index contributed by atoms with van der Waals surface area (Å²) in [6.45, 7) is 3.90. The molecule has 0 fully saturated rings. The van der Waals surface area contributed by atoms with E-state index in [0.717, 1.165) is 11.1 Å². The summed E-state index contributed by atoms with van der Waals surface area (Å²) in [7, 11) is 0. The normalized spacial score (nSPS) is 12.5. The minimum atomic E-state index is -0.520. The van der Waals surface area contributed by atoms with E-state index in [1.807, 2.05) is 19.9 Å². The molecule has 0 amide bonds. The van der Waals surface area contributed by atoms with Gasteiger partial charge in [0.2, 0.25) is 0 Å². The lowest BCUT2D eigenvalue weighted by molar-refractivity contribution is 0.623. The van der Waals surface area contributed by atoms with E-state index < -0.39 is 6.04 Å². The number of benzene rings is 1. The molecule has 1 atom stereocenters. The second kappa shape index (κ2) is 5.04. The van der Waals surface area contributed by atoms with E-state index in [-0.39, 0.29) is 5.82 Å². The Balaban J connectivity index is 2.47. The Bertz CT molecular complexity index is 584. The van der Waals surface area contributed by atoms with Crippen molar-refractivity contribution in [3.8, 4) is 0 Å². The Kier molecular flexibility index (Phi) is 3.64. The molecule has 0 aliphatic rings. The van der Waals surface area contributed by atoms with Crippen LogP contribution in [-0.4, -0.2) is 4.98 Å². The number of aryl methyl sites for hydroxylation is 2. The van der Waals surface area contributed by atoms with Gasteiger partial charge < -0.3 is 5.73 Å². The van der Waals surface area contributed by atoms with Crippen LogP contribution in [0.4, 0.5) is 4.39 Å². The molecule has 1 unspecified atom stereocenters. The van der Waals surface area contributed by atoms with Gasteiger partial charge in [0.15, 0.2) is 0 Å². The van der Waals surface area contributed by atoms with Crippen molar-refractivity contribution in [1.82, 2.24) is 4.98 Å². The molecule has 2 N–H and O–H groups in total. The van der Waals surface area contributed by atoms with Crippen molar-refractivity contribution >= 4 is 11.6 Å². The molecule has 0 saturated carbocycles. The number of halogens is 2. The van der Waals surface area contributed by atoms with Gasteiger partial charge in [0, 0.05) is 11.2 Å². The number of nitrogens with zero attached hydrogens (tertiary/aromatic N) is 1. The first-order valence-corrected chi connectivity index (χ1v) is 6.00. The molecule has 0 aliphatic carbocycles. The zero-order valence-corrected chi connectivity index (χ0v) is 11.0. The summed E-state index contributed by atoms with van der Waals surface area (Å²) in [4.78, 5) is 4.32. The zero-order chi connectivity index (χ0) is 13.3. The highest BCUT2D eigenvalue weighted by atomic mass is 35.5. The molecule has 0 spiro atoms. The summed E-state index contributed by atoms with van der Waals surface area (Å²) in [6, 6.07) is 5.65. The lowest BCUT2D eigenvalue weighted by Gasteiger charge is -2.16. The highest BCUT2D eigenvalue weighted by Crippen LogP contribution is 2.27. The number of rotatable bonds is 2. The Morgan fingerprint density at radius 1 is 1.28 bits per heavy atom. The highest BCUT2D eigenvalue weighted by molar-refractivity contribution is 6.31. The summed E-state index contributed by atoms with van der Waals surface area (Å²) >= 11 is 6.05. The first-order valence-electron chi connectivity index (χ1n) is 5.62. The first kappa shape index (κ1) is 13.0. The van der Waals surface area contributed by atoms with Crippen LogP contribution in [0.25, 0.3) is 0 Å². The first-order chi connectivity index (χ1) is 8.49. The van der Waals surface area contributed by atoms with Crippen LogP contribution in [-0.2, 0) is 0 Å². The lowest BCUT2D eigenvalue weighted by Crippen LogP contribution is -2.16. The lowest BCUT2D eigenvalue weighted by atomic mass is 10.00. The van der Waals surface area contributed by atoms with Gasteiger partial charge in [-0.3, -0.25) is 4.98 Å². The summed E-state index contributed by atoms with van der Waals surface area (Å²) in [5.74, 6) is -0.352. The van der Waals surface area contributed by atoms with E-state index in [1.165, 1.54) is 18.2 Å². The maximum absolute atomic E-state index is 13.3. The zero-order valence-electron chi connectivity index (χ0n) is 10.2. The molecule has 0 bridgehead atoms. The van der Waals surface area contributed by atoms with Gasteiger partial charge in [-0.05, 0) is 48.7 Å². The third-order valence-corrected chi connectivity index (χ3v) is 3.19. The number of nitrogens with two attached hydrogens (primary N) is 1. The minimum Gasteiger partial charge on any atom is -0.319 e. The van der Waals surface area contributed by atoms with E-state index in [1.54, 1.807) is 6.20 Å². The molecule has 0 radical (unpaired) electrons. The molecule has 18 heavy (non-hydrogen) atoms. The second-order valence-electron chi connectivity index (χ2n) is 4.36. The van der Waals surface area contributed by atoms with Crippen molar-refractivity contribution in [3.05, 3.63) is 63.7 Å². The number of hydrogen-bond donors (Lipinski definition) is 1. The van der Waals surface area contributed by atoms with Gasteiger partial charge >= 0.3 is 0 Å². The average molecular weight is 265 g/mol. The van der Waals surface area contributed by atoms with E-state index in [4.69, 9.17) is 17.3 Å². The maximum atomic E-state index is 13.3. The monoisotopic (exact) mass is 264 g/mol. The number of pyridine rings is 1. The van der Waals surface area contributed by atoms with Gasteiger partial charge in [0.1, 0.15) is 5.82 Å². The molecule has 1 aromatic heterocycles. The van der Waals surface area contributed by atoms with Crippen molar-refractivity contribution < 1.29 is 4.39 Å². The predicted molar refractivity (Wildman–Crippen MR) is 71.2 cm³/mol. The van der Waals surface area contributed by atoms with Crippen molar-refractivity contribution in [1.29, 1.82) is 0 Å². The summed E-state index contributed by atoms with van der Waals surface area (Å²) in [6.07, 6.45) is 1.75. The molecular weight excluding hydrogens is 251 g/mol. The van der Waals surface area contributed by atoms with Crippen LogP contribution >= 0.6 is 11.6 Å². The Morgan fingerprint density at radius 3 is 2.67 bits per heavy atom. The molecule has 1 aromatic carbocycles. The third-order valence-electron chi connectivity index (χ3n) is 2.84. The van der Waals surface area contributed by atoms with E-state index >= 15 is 0 Å². The van der Waals surface area contributed by atoms with Gasteiger partial charge in [-0.2, -0.15) is 0 Å². The standard InChI is InChI=1S/C14H14ClFN2/c1-8-5-9(2)14(18-7-8)13(17)11-6-10(16)3-4-12(11)15/h3-7,13H,17H2,1-2H3. The van der Waals surface area contributed by atoms with Gasteiger partial charge in [0.05, 0.1) is 11.7 Å². The minimum absolute atomic E-state index is 0.352. The molecule has 2 aromatic rings. The molecular formula is C14H14ClFN2. The van der Waals surface area contributed by atoms with Crippen molar-refractivity contribution in [2.45, 2.75) is 19.9 Å². The fraction of sp³-hybridized carbons (Fsp3) is 0.214. The Hall–Kier alpha value is -1.45. The summed E-state index contributed by atoms with van der Waals surface area (Å²) < 4.78 is 13.3. The molecule has 0 aliphatic heterocycles.